The van der Waals surface area contributed by atoms with Gasteiger partial charge in [-0.3, -0.25) is 14.4 Å². The number of hydrogen-bond acceptors (Lipinski definition) is 5. The molecule has 5 nitrogen and oxygen atoms in total. The smallest absolute Gasteiger partial charge is 0.317 e. The van der Waals surface area contributed by atoms with Crippen molar-refractivity contribution in [3.05, 3.63) is 35.9 Å². The maximum absolute atomic E-state index is 12.2. The predicted molar refractivity (Wildman–Crippen MR) is 77.8 cm³/mol. The van der Waals surface area contributed by atoms with Crippen LogP contribution in [0.15, 0.2) is 30.3 Å². The van der Waals surface area contributed by atoms with Gasteiger partial charge in [-0.25, -0.2) is 0 Å². The summed E-state index contributed by atoms with van der Waals surface area (Å²) in [7, 11) is 0. The summed E-state index contributed by atoms with van der Waals surface area (Å²) >= 11 is 1.10. The van der Waals surface area contributed by atoms with E-state index in [1.807, 2.05) is 30.3 Å². The molecule has 1 rings (SSSR count). The lowest BCUT2D eigenvalue weighted by Gasteiger charge is -2.15. The van der Waals surface area contributed by atoms with Crippen LogP contribution in [0.4, 0.5) is 0 Å². The van der Waals surface area contributed by atoms with Crippen molar-refractivity contribution in [3.8, 4) is 0 Å². The van der Waals surface area contributed by atoms with Crippen molar-refractivity contribution in [2.45, 2.75) is 12.8 Å². The fraction of sp³-hybridized carbons (Fsp3) is 0.357. The zero-order valence-electron chi connectivity index (χ0n) is 11.2. The maximum atomic E-state index is 12.2. The van der Waals surface area contributed by atoms with Gasteiger partial charge in [0.05, 0.1) is 19.0 Å². The Kier molecular flexibility index (Phi) is 6.97. The standard InChI is InChI=1S/C14H17NO4S/c1-10(16)20-9-12(11-5-3-2-4-6-11)13(17)7-15-8-14(18)19/h2-6,12,15H,7-9H2,1H3,(H,18,19). The highest BCUT2D eigenvalue weighted by Crippen LogP contribution is 2.22. The number of nitrogens with one attached hydrogen (secondary N) is 1. The first kappa shape index (κ1) is 16.4. The Labute approximate surface area is 121 Å². The van der Waals surface area contributed by atoms with Gasteiger partial charge in [0.15, 0.2) is 10.9 Å². The molecule has 0 saturated carbocycles. The number of carbonyl (C=O) groups is 3. The van der Waals surface area contributed by atoms with E-state index < -0.39 is 11.9 Å². The van der Waals surface area contributed by atoms with E-state index in [9.17, 15) is 14.4 Å². The van der Waals surface area contributed by atoms with Crippen molar-refractivity contribution in [2.75, 3.05) is 18.8 Å². The first-order valence-corrected chi connectivity index (χ1v) is 7.12. The van der Waals surface area contributed by atoms with Crippen LogP contribution >= 0.6 is 11.8 Å². The summed E-state index contributed by atoms with van der Waals surface area (Å²) in [6.07, 6.45) is 0. The molecule has 0 aliphatic rings. The number of Topliss-reactive ketones (excluding diaryl/α,β-unsaturated/α-hetero) is 1. The Morgan fingerprint density at radius 1 is 1.20 bits per heavy atom. The van der Waals surface area contributed by atoms with Crippen molar-refractivity contribution in [1.29, 1.82) is 0 Å². The van der Waals surface area contributed by atoms with Crippen LogP contribution in [0.25, 0.3) is 0 Å². The van der Waals surface area contributed by atoms with Crippen LogP contribution in [0.1, 0.15) is 18.4 Å². The summed E-state index contributed by atoms with van der Waals surface area (Å²) < 4.78 is 0. The third-order valence-corrected chi connectivity index (χ3v) is 3.53. The largest absolute Gasteiger partial charge is 0.480 e. The molecule has 1 unspecified atom stereocenters. The highest BCUT2D eigenvalue weighted by atomic mass is 32.2. The number of aliphatic carboxylic acids is 1. The number of carboxylic acid groups (broad SMARTS) is 1. The highest BCUT2D eigenvalue weighted by Gasteiger charge is 2.21. The molecule has 0 amide bonds. The van der Waals surface area contributed by atoms with E-state index in [0.717, 1.165) is 17.3 Å². The number of carbonyl (C=O) groups excluding carboxylic acids is 2. The van der Waals surface area contributed by atoms with Gasteiger partial charge in [0.1, 0.15) is 0 Å². The van der Waals surface area contributed by atoms with Crippen LogP contribution in [0.5, 0.6) is 0 Å². The monoisotopic (exact) mass is 295 g/mol. The fourth-order valence-electron chi connectivity index (χ4n) is 1.68. The third kappa shape index (κ3) is 5.99. The van der Waals surface area contributed by atoms with Crippen molar-refractivity contribution >= 4 is 28.6 Å². The lowest BCUT2D eigenvalue weighted by molar-refractivity contribution is -0.136. The van der Waals surface area contributed by atoms with Crippen LogP contribution in [-0.2, 0) is 14.4 Å². The van der Waals surface area contributed by atoms with Gasteiger partial charge in [-0.15, -0.1) is 0 Å². The minimum atomic E-state index is -1.01. The predicted octanol–water partition coefficient (Wildman–Crippen LogP) is 1.29. The minimum Gasteiger partial charge on any atom is -0.480 e. The van der Waals surface area contributed by atoms with E-state index in [4.69, 9.17) is 5.11 Å². The average Bonchev–Trinajstić information content (AvgIpc) is 2.39. The second-order valence-electron chi connectivity index (χ2n) is 4.23. The van der Waals surface area contributed by atoms with Gasteiger partial charge in [-0.05, 0) is 5.56 Å². The molecular weight excluding hydrogens is 278 g/mol. The number of rotatable bonds is 8. The van der Waals surface area contributed by atoms with Crippen LogP contribution in [0.3, 0.4) is 0 Å². The lowest BCUT2D eigenvalue weighted by atomic mass is 9.96. The van der Waals surface area contributed by atoms with E-state index in [0.29, 0.717) is 5.75 Å². The Bertz CT molecular complexity index is 475. The molecule has 1 atom stereocenters. The van der Waals surface area contributed by atoms with E-state index in [-0.39, 0.29) is 24.0 Å². The fourth-order valence-corrected chi connectivity index (χ4v) is 2.46. The molecule has 0 aromatic heterocycles. The average molecular weight is 295 g/mol. The summed E-state index contributed by atoms with van der Waals surface area (Å²) in [6, 6.07) is 9.18. The number of thioether (sulfide) groups is 1. The summed E-state index contributed by atoms with van der Waals surface area (Å²) in [5, 5.41) is 11.1. The summed E-state index contributed by atoms with van der Waals surface area (Å²) in [5.74, 6) is -1.17. The molecule has 0 saturated heterocycles. The van der Waals surface area contributed by atoms with Gasteiger partial charge < -0.3 is 10.4 Å². The van der Waals surface area contributed by atoms with Crippen molar-refractivity contribution in [3.63, 3.8) is 0 Å². The molecule has 20 heavy (non-hydrogen) atoms. The van der Waals surface area contributed by atoms with Gasteiger partial charge in [0.25, 0.3) is 0 Å². The molecule has 0 radical (unpaired) electrons. The molecular formula is C14H17NO4S. The van der Waals surface area contributed by atoms with Crippen LogP contribution in [0, 0.1) is 0 Å². The van der Waals surface area contributed by atoms with Gasteiger partial charge in [0.2, 0.25) is 0 Å². The number of hydrogen-bond donors (Lipinski definition) is 2. The normalized spacial score (nSPS) is 11.8. The van der Waals surface area contributed by atoms with Crippen LogP contribution < -0.4 is 5.32 Å². The van der Waals surface area contributed by atoms with E-state index in [1.54, 1.807) is 0 Å². The molecule has 1 aromatic carbocycles. The van der Waals surface area contributed by atoms with Crippen molar-refractivity contribution in [2.24, 2.45) is 0 Å². The molecule has 2 N–H and O–H groups in total. The lowest BCUT2D eigenvalue weighted by Crippen LogP contribution is -2.32. The molecule has 0 heterocycles. The molecule has 0 aliphatic carbocycles. The van der Waals surface area contributed by atoms with E-state index >= 15 is 0 Å². The Morgan fingerprint density at radius 2 is 1.85 bits per heavy atom. The number of ketones is 1. The molecule has 0 fully saturated rings. The van der Waals surface area contributed by atoms with Crippen LogP contribution in [0.2, 0.25) is 0 Å². The van der Waals surface area contributed by atoms with E-state index in [1.165, 1.54) is 6.92 Å². The summed E-state index contributed by atoms with van der Waals surface area (Å²) in [4.78, 5) is 33.6. The number of carboxylic acids is 1. The molecule has 1 aromatic rings. The zero-order chi connectivity index (χ0) is 15.0. The topological polar surface area (TPSA) is 83.5 Å². The second kappa shape index (κ2) is 8.50. The minimum absolute atomic E-state index is 0.0235. The Hall–Kier alpha value is -1.66. The van der Waals surface area contributed by atoms with Gasteiger partial charge in [0, 0.05) is 12.7 Å². The van der Waals surface area contributed by atoms with Crippen molar-refractivity contribution in [1.82, 2.24) is 5.32 Å². The van der Waals surface area contributed by atoms with Gasteiger partial charge in [-0.1, -0.05) is 42.1 Å². The maximum Gasteiger partial charge on any atom is 0.317 e. The molecule has 0 aliphatic heterocycles. The summed E-state index contributed by atoms with van der Waals surface area (Å²) in [6.45, 7) is 1.18. The molecule has 0 bridgehead atoms. The van der Waals surface area contributed by atoms with Crippen molar-refractivity contribution < 1.29 is 19.5 Å². The van der Waals surface area contributed by atoms with E-state index in [2.05, 4.69) is 5.32 Å². The highest BCUT2D eigenvalue weighted by molar-refractivity contribution is 8.13. The third-order valence-electron chi connectivity index (χ3n) is 2.62. The van der Waals surface area contributed by atoms with Crippen LogP contribution in [-0.4, -0.2) is 40.8 Å². The van der Waals surface area contributed by atoms with Gasteiger partial charge >= 0.3 is 5.97 Å². The first-order chi connectivity index (χ1) is 9.50. The zero-order valence-corrected chi connectivity index (χ0v) is 12.0. The summed E-state index contributed by atoms with van der Waals surface area (Å²) in [5.41, 5.74) is 0.836. The second-order valence-corrected chi connectivity index (χ2v) is 5.43. The Morgan fingerprint density at radius 3 is 2.40 bits per heavy atom. The molecule has 108 valence electrons. The number of benzene rings is 1. The quantitative estimate of drug-likeness (QED) is 0.752. The van der Waals surface area contributed by atoms with Gasteiger partial charge in [-0.2, -0.15) is 0 Å². The Balaban J connectivity index is 2.69. The SMILES string of the molecule is CC(=O)SCC(C(=O)CNCC(=O)O)c1ccccc1. The first-order valence-electron chi connectivity index (χ1n) is 6.14. The molecule has 6 heteroatoms. The molecule has 0 spiro atoms.